The molecule has 1 aromatic heterocycles. The van der Waals surface area contributed by atoms with Gasteiger partial charge < -0.3 is 4.90 Å². The molecule has 5 heteroatoms. The highest BCUT2D eigenvalue weighted by molar-refractivity contribution is 6.31. The second-order valence-electron chi connectivity index (χ2n) is 5.82. The monoisotopic (exact) mass is 305 g/mol. The zero-order valence-electron chi connectivity index (χ0n) is 12.3. The molecule has 1 saturated heterocycles. The quantitative estimate of drug-likeness (QED) is 0.875. The minimum Gasteiger partial charge on any atom is -0.303 e. The first-order valence-corrected chi connectivity index (χ1v) is 7.88. The third-order valence-electron chi connectivity index (χ3n) is 4.41. The number of hydrogen-bond donors (Lipinski definition) is 0. The van der Waals surface area contributed by atoms with Gasteiger partial charge in [0.25, 0.3) is 5.56 Å². The lowest BCUT2D eigenvalue weighted by Gasteiger charge is -2.32. The predicted molar refractivity (Wildman–Crippen MR) is 85.9 cm³/mol. The number of aromatic nitrogens is 2. The van der Waals surface area contributed by atoms with Crippen molar-refractivity contribution in [2.45, 2.75) is 38.3 Å². The van der Waals surface area contributed by atoms with Crippen LogP contribution in [-0.2, 0) is 6.54 Å². The molecule has 1 aliphatic rings. The Morgan fingerprint density at radius 2 is 2.24 bits per heavy atom. The van der Waals surface area contributed by atoms with E-state index in [-0.39, 0.29) is 5.56 Å². The van der Waals surface area contributed by atoms with Crippen LogP contribution in [0.3, 0.4) is 0 Å². The molecule has 21 heavy (non-hydrogen) atoms. The predicted octanol–water partition coefficient (Wildman–Crippen LogP) is 2.92. The van der Waals surface area contributed by atoms with Crippen molar-refractivity contribution in [2.24, 2.45) is 0 Å². The number of likely N-dealkylation sites (tertiary alicyclic amines) is 1. The largest absolute Gasteiger partial charge is 0.303 e. The summed E-state index contributed by atoms with van der Waals surface area (Å²) >= 11 is 5.94. The van der Waals surface area contributed by atoms with Gasteiger partial charge in [-0.05, 0) is 51.1 Å². The van der Waals surface area contributed by atoms with E-state index in [0.717, 1.165) is 19.5 Å². The van der Waals surface area contributed by atoms with Gasteiger partial charge in [0.1, 0.15) is 0 Å². The highest BCUT2D eigenvalue weighted by Crippen LogP contribution is 2.18. The van der Waals surface area contributed by atoms with E-state index in [2.05, 4.69) is 16.9 Å². The van der Waals surface area contributed by atoms with E-state index in [1.54, 1.807) is 29.1 Å². The molecule has 1 aromatic carbocycles. The van der Waals surface area contributed by atoms with Crippen LogP contribution in [-0.4, -0.2) is 34.1 Å². The standard InChI is InChI=1S/C16H20ClN3O/c1-19-8-3-2-4-13(19)7-9-20-11-18-15-10-12(17)5-6-14(15)16(20)21/h5-6,10-11,13H,2-4,7-9H2,1H3/t13-/m1/s1. The average molecular weight is 306 g/mol. The van der Waals surface area contributed by atoms with Crippen molar-refractivity contribution in [1.29, 1.82) is 0 Å². The lowest BCUT2D eigenvalue weighted by Crippen LogP contribution is -2.37. The van der Waals surface area contributed by atoms with Gasteiger partial charge in [-0.3, -0.25) is 9.36 Å². The zero-order chi connectivity index (χ0) is 14.8. The molecule has 0 N–H and O–H groups in total. The molecule has 0 unspecified atom stereocenters. The highest BCUT2D eigenvalue weighted by atomic mass is 35.5. The molecule has 1 aliphatic heterocycles. The third kappa shape index (κ3) is 3.11. The summed E-state index contributed by atoms with van der Waals surface area (Å²) in [6, 6.07) is 5.81. The fourth-order valence-electron chi connectivity index (χ4n) is 3.09. The Bertz CT molecular complexity index is 697. The Morgan fingerprint density at radius 3 is 3.05 bits per heavy atom. The molecule has 4 nitrogen and oxygen atoms in total. The highest BCUT2D eigenvalue weighted by Gasteiger charge is 2.18. The van der Waals surface area contributed by atoms with Crippen LogP contribution >= 0.6 is 11.6 Å². The van der Waals surface area contributed by atoms with Crippen LogP contribution in [0.15, 0.2) is 29.3 Å². The van der Waals surface area contributed by atoms with Crippen LogP contribution in [0.5, 0.6) is 0 Å². The topological polar surface area (TPSA) is 38.1 Å². The number of halogens is 1. The van der Waals surface area contributed by atoms with E-state index in [0.29, 0.717) is 22.0 Å². The van der Waals surface area contributed by atoms with Gasteiger partial charge in [-0.15, -0.1) is 0 Å². The molecule has 112 valence electrons. The summed E-state index contributed by atoms with van der Waals surface area (Å²) in [7, 11) is 2.17. The Kier molecular flexibility index (Phi) is 4.27. The molecule has 0 amide bonds. The molecule has 0 radical (unpaired) electrons. The van der Waals surface area contributed by atoms with Crippen LogP contribution in [0, 0.1) is 0 Å². The van der Waals surface area contributed by atoms with Gasteiger partial charge in [0.15, 0.2) is 0 Å². The summed E-state index contributed by atoms with van der Waals surface area (Å²) < 4.78 is 1.72. The van der Waals surface area contributed by atoms with Crippen molar-refractivity contribution < 1.29 is 0 Å². The van der Waals surface area contributed by atoms with E-state index in [4.69, 9.17) is 11.6 Å². The Labute approximate surface area is 129 Å². The van der Waals surface area contributed by atoms with Crippen molar-refractivity contribution in [3.8, 4) is 0 Å². The van der Waals surface area contributed by atoms with Gasteiger partial charge in [-0.2, -0.15) is 0 Å². The third-order valence-corrected chi connectivity index (χ3v) is 4.65. The molecule has 2 heterocycles. The summed E-state index contributed by atoms with van der Waals surface area (Å²) in [5.74, 6) is 0. The van der Waals surface area contributed by atoms with Gasteiger partial charge in [0, 0.05) is 17.6 Å². The Hall–Kier alpha value is -1.39. The van der Waals surface area contributed by atoms with E-state index in [9.17, 15) is 4.79 Å². The first-order valence-electron chi connectivity index (χ1n) is 7.50. The minimum atomic E-state index is 0.0233. The molecule has 0 spiro atoms. The van der Waals surface area contributed by atoms with E-state index in [1.165, 1.54) is 19.3 Å². The minimum absolute atomic E-state index is 0.0233. The maximum atomic E-state index is 12.5. The zero-order valence-corrected chi connectivity index (χ0v) is 13.0. The maximum Gasteiger partial charge on any atom is 0.261 e. The van der Waals surface area contributed by atoms with Crippen LogP contribution in [0.1, 0.15) is 25.7 Å². The first kappa shape index (κ1) is 14.5. The van der Waals surface area contributed by atoms with E-state index in [1.807, 2.05) is 0 Å². The first-order chi connectivity index (χ1) is 10.1. The number of piperidine rings is 1. The number of rotatable bonds is 3. The van der Waals surface area contributed by atoms with Crippen LogP contribution in [0.2, 0.25) is 5.02 Å². The summed E-state index contributed by atoms with van der Waals surface area (Å²) in [4.78, 5) is 19.2. The SMILES string of the molecule is CN1CCCC[C@@H]1CCn1cnc2cc(Cl)ccc2c1=O. The lowest BCUT2D eigenvalue weighted by atomic mass is 10.0. The van der Waals surface area contributed by atoms with Crippen molar-refractivity contribution in [3.05, 3.63) is 39.9 Å². The molecular formula is C16H20ClN3O. The van der Waals surface area contributed by atoms with Crippen molar-refractivity contribution >= 4 is 22.5 Å². The van der Waals surface area contributed by atoms with E-state index < -0.39 is 0 Å². The molecule has 0 bridgehead atoms. The summed E-state index contributed by atoms with van der Waals surface area (Å²) in [6.07, 6.45) is 6.44. The smallest absolute Gasteiger partial charge is 0.261 e. The van der Waals surface area contributed by atoms with Crippen molar-refractivity contribution in [1.82, 2.24) is 14.5 Å². The van der Waals surface area contributed by atoms with Gasteiger partial charge in [0.2, 0.25) is 0 Å². The Morgan fingerprint density at radius 1 is 1.38 bits per heavy atom. The van der Waals surface area contributed by atoms with Crippen LogP contribution in [0.4, 0.5) is 0 Å². The number of hydrogen-bond acceptors (Lipinski definition) is 3. The molecular weight excluding hydrogens is 286 g/mol. The van der Waals surface area contributed by atoms with Gasteiger partial charge >= 0.3 is 0 Å². The lowest BCUT2D eigenvalue weighted by molar-refractivity contribution is 0.170. The summed E-state index contributed by atoms with van der Waals surface area (Å²) in [6.45, 7) is 1.88. The van der Waals surface area contributed by atoms with Crippen LogP contribution in [0.25, 0.3) is 10.9 Å². The fourth-order valence-corrected chi connectivity index (χ4v) is 3.25. The second-order valence-corrected chi connectivity index (χ2v) is 6.26. The number of nitrogens with zero attached hydrogens (tertiary/aromatic N) is 3. The number of aryl methyl sites for hydroxylation is 1. The van der Waals surface area contributed by atoms with E-state index >= 15 is 0 Å². The van der Waals surface area contributed by atoms with Gasteiger partial charge in [-0.25, -0.2) is 4.98 Å². The van der Waals surface area contributed by atoms with Gasteiger partial charge in [-0.1, -0.05) is 18.0 Å². The summed E-state index contributed by atoms with van der Waals surface area (Å²) in [5.41, 5.74) is 0.689. The fraction of sp³-hybridized carbons (Fsp3) is 0.500. The second kappa shape index (κ2) is 6.16. The molecule has 1 atom stereocenters. The van der Waals surface area contributed by atoms with Crippen molar-refractivity contribution in [2.75, 3.05) is 13.6 Å². The van der Waals surface area contributed by atoms with Gasteiger partial charge in [0.05, 0.1) is 17.2 Å². The molecule has 2 aromatic rings. The Balaban J connectivity index is 1.79. The molecule has 0 aliphatic carbocycles. The summed E-state index contributed by atoms with van der Waals surface area (Å²) in [5, 5.41) is 1.25. The molecule has 3 rings (SSSR count). The normalized spacial score (nSPS) is 20.0. The number of benzene rings is 1. The number of fused-ring (bicyclic) bond motifs is 1. The van der Waals surface area contributed by atoms with Crippen LogP contribution < -0.4 is 5.56 Å². The molecule has 1 fully saturated rings. The molecule has 0 saturated carbocycles. The van der Waals surface area contributed by atoms with Crippen molar-refractivity contribution in [3.63, 3.8) is 0 Å². The average Bonchev–Trinajstić information content (AvgIpc) is 2.48. The maximum absolute atomic E-state index is 12.5.